The number of benzene rings is 2. The normalized spacial score (nSPS) is 17.5. The Kier molecular flexibility index (Phi) is 8.17. The molecule has 2 aliphatic rings. The maximum absolute atomic E-state index is 12.9. The third-order valence-electron chi connectivity index (χ3n) is 7.63. The van der Waals surface area contributed by atoms with Crippen LogP contribution in [0.25, 0.3) is 0 Å². The summed E-state index contributed by atoms with van der Waals surface area (Å²) in [6.07, 6.45) is 3.18. The number of rotatable bonds is 8. The summed E-state index contributed by atoms with van der Waals surface area (Å²) in [5.74, 6) is 1.70. The minimum atomic E-state index is -0.149. The molecule has 2 aromatic carbocycles. The van der Waals surface area contributed by atoms with E-state index in [2.05, 4.69) is 48.7 Å². The van der Waals surface area contributed by atoms with Crippen LogP contribution in [0.3, 0.4) is 0 Å². The molecule has 5 rings (SSSR count). The molecule has 0 radical (unpaired) electrons. The summed E-state index contributed by atoms with van der Waals surface area (Å²) in [7, 11) is 0. The van der Waals surface area contributed by atoms with Gasteiger partial charge in [0.25, 0.3) is 5.91 Å². The van der Waals surface area contributed by atoms with Crippen LogP contribution in [0.15, 0.2) is 71.7 Å². The summed E-state index contributed by atoms with van der Waals surface area (Å²) in [4.78, 5) is 31.9. The Morgan fingerprint density at radius 3 is 2.62 bits per heavy atom. The minimum Gasteiger partial charge on any atom is -0.486 e. The third-order valence-corrected chi connectivity index (χ3v) is 7.63. The van der Waals surface area contributed by atoms with Crippen LogP contribution in [0.4, 0.5) is 0 Å². The molecule has 0 bridgehead atoms. The van der Waals surface area contributed by atoms with Gasteiger partial charge >= 0.3 is 0 Å². The molecule has 2 amide bonds. The Balaban J connectivity index is 1.29. The number of carbonyl (C=O) groups is 2. The number of hydrogen-bond donors (Lipinski definition) is 0. The van der Waals surface area contributed by atoms with Gasteiger partial charge in [-0.1, -0.05) is 48.9 Å². The lowest BCUT2D eigenvalue weighted by Crippen LogP contribution is -2.48. The Hall–Kier alpha value is -3.84. The van der Waals surface area contributed by atoms with Crippen molar-refractivity contribution in [3.63, 3.8) is 0 Å². The van der Waals surface area contributed by atoms with E-state index in [-0.39, 0.29) is 24.5 Å². The average Bonchev–Trinajstić information content (AvgIpc) is 3.44. The van der Waals surface area contributed by atoms with Crippen LogP contribution >= 0.6 is 0 Å². The van der Waals surface area contributed by atoms with Gasteiger partial charge in [0.1, 0.15) is 18.1 Å². The van der Waals surface area contributed by atoms with E-state index in [0.717, 1.165) is 42.7 Å². The number of hydrogen-bond acceptors (Lipinski definition) is 5. The number of amides is 2. The summed E-state index contributed by atoms with van der Waals surface area (Å²) < 4.78 is 12.0. The number of aryl methyl sites for hydroxylation is 1. The summed E-state index contributed by atoms with van der Waals surface area (Å²) in [6.45, 7) is 12.5. The highest BCUT2D eigenvalue weighted by molar-refractivity contribution is 5.91. The van der Waals surface area contributed by atoms with Crippen molar-refractivity contribution in [2.75, 3.05) is 39.3 Å². The van der Waals surface area contributed by atoms with Crippen molar-refractivity contribution in [2.45, 2.75) is 39.3 Å². The van der Waals surface area contributed by atoms with E-state index in [1.807, 2.05) is 34.9 Å². The van der Waals surface area contributed by atoms with Gasteiger partial charge in [-0.25, -0.2) is 0 Å². The summed E-state index contributed by atoms with van der Waals surface area (Å²) in [5, 5.41) is 0. The molecule has 7 nitrogen and oxygen atoms in total. The molecule has 204 valence electrons. The van der Waals surface area contributed by atoms with Gasteiger partial charge in [-0.2, -0.15) is 0 Å². The fraction of sp³-hybridized carbons (Fsp3) is 0.375. The molecule has 0 spiro atoms. The van der Waals surface area contributed by atoms with Gasteiger partial charge in [-0.3, -0.25) is 14.5 Å². The number of ether oxygens (including phenoxy) is 1. The molecule has 1 fully saturated rings. The van der Waals surface area contributed by atoms with Gasteiger partial charge < -0.3 is 19.0 Å². The van der Waals surface area contributed by atoms with Gasteiger partial charge in [-0.05, 0) is 54.3 Å². The summed E-state index contributed by atoms with van der Waals surface area (Å²) in [6, 6.07) is 17.9. The lowest BCUT2D eigenvalue weighted by Gasteiger charge is -2.38. The van der Waals surface area contributed by atoms with Crippen molar-refractivity contribution < 1.29 is 18.7 Å². The zero-order chi connectivity index (χ0) is 27.4. The van der Waals surface area contributed by atoms with E-state index in [9.17, 15) is 9.59 Å². The van der Waals surface area contributed by atoms with Crippen LogP contribution in [0.1, 0.15) is 58.0 Å². The third kappa shape index (κ3) is 5.93. The molecule has 39 heavy (non-hydrogen) atoms. The Bertz CT molecular complexity index is 1340. The van der Waals surface area contributed by atoms with Gasteiger partial charge in [0.15, 0.2) is 5.76 Å². The van der Waals surface area contributed by atoms with Crippen molar-refractivity contribution in [1.29, 1.82) is 0 Å². The molecule has 0 saturated carbocycles. The van der Waals surface area contributed by atoms with Gasteiger partial charge in [0.05, 0.1) is 6.04 Å². The predicted octanol–water partition coefficient (Wildman–Crippen LogP) is 4.99. The zero-order valence-corrected chi connectivity index (χ0v) is 22.9. The number of furan rings is 1. The molecular formula is C32H37N3O4. The molecular weight excluding hydrogens is 490 g/mol. The van der Waals surface area contributed by atoms with Gasteiger partial charge in [0, 0.05) is 45.7 Å². The standard InChI is InChI=1S/C32H37N3O4/c1-4-14-33-16-18-34(19-17-33)32(37)29-12-11-27(39-29)22-38-26-10-9-24-13-15-35(30(36)5-2)31(28(24)21-26)25-8-6-7-23(3)20-25/h4,6-12,20-21,31H,1,5,13-19,22H2,2-3H3/t31-/m0/s1. The number of piperazine rings is 1. The Morgan fingerprint density at radius 2 is 1.87 bits per heavy atom. The highest BCUT2D eigenvalue weighted by atomic mass is 16.5. The fourth-order valence-corrected chi connectivity index (χ4v) is 5.55. The smallest absolute Gasteiger partial charge is 0.289 e. The fourth-order valence-electron chi connectivity index (χ4n) is 5.55. The van der Waals surface area contributed by atoms with Crippen LogP contribution in [0, 0.1) is 6.92 Å². The highest BCUT2D eigenvalue weighted by Gasteiger charge is 2.32. The van der Waals surface area contributed by atoms with Crippen LogP contribution in [-0.4, -0.2) is 65.8 Å². The quantitative estimate of drug-likeness (QED) is 0.386. The lowest BCUT2D eigenvalue weighted by molar-refractivity contribution is -0.132. The van der Waals surface area contributed by atoms with Crippen LogP contribution in [-0.2, 0) is 17.8 Å². The first-order valence-corrected chi connectivity index (χ1v) is 13.8. The predicted molar refractivity (Wildman–Crippen MR) is 151 cm³/mol. The first kappa shape index (κ1) is 26.8. The first-order valence-electron chi connectivity index (χ1n) is 13.8. The minimum absolute atomic E-state index is 0.0880. The molecule has 3 aromatic rings. The second kappa shape index (κ2) is 11.9. The zero-order valence-electron chi connectivity index (χ0n) is 22.9. The van der Waals surface area contributed by atoms with Crippen LogP contribution < -0.4 is 4.74 Å². The maximum Gasteiger partial charge on any atom is 0.289 e. The van der Waals surface area contributed by atoms with E-state index in [1.165, 1.54) is 5.56 Å². The average molecular weight is 528 g/mol. The van der Waals surface area contributed by atoms with Crippen molar-refractivity contribution in [1.82, 2.24) is 14.7 Å². The number of fused-ring (bicyclic) bond motifs is 1. The molecule has 1 aromatic heterocycles. The largest absolute Gasteiger partial charge is 0.486 e. The van der Waals surface area contributed by atoms with E-state index >= 15 is 0 Å². The highest BCUT2D eigenvalue weighted by Crippen LogP contribution is 2.38. The second-order valence-electron chi connectivity index (χ2n) is 10.3. The van der Waals surface area contributed by atoms with Gasteiger partial charge in [-0.15, -0.1) is 6.58 Å². The molecule has 0 aliphatic carbocycles. The van der Waals surface area contributed by atoms with Gasteiger partial charge in [0.2, 0.25) is 5.91 Å². The lowest BCUT2D eigenvalue weighted by atomic mass is 9.87. The SMILES string of the molecule is C=CCN1CCN(C(=O)c2ccc(COc3ccc4c(c3)[C@H](c3cccc(C)c3)N(C(=O)CC)CC4)o2)CC1. The van der Waals surface area contributed by atoms with E-state index in [0.29, 0.717) is 43.3 Å². The molecule has 0 N–H and O–H groups in total. The van der Waals surface area contributed by atoms with Crippen molar-refractivity contribution in [3.05, 3.63) is 101 Å². The number of carbonyl (C=O) groups excluding carboxylic acids is 2. The van der Waals surface area contributed by atoms with Crippen molar-refractivity contribution >= 4 is 11.8 Å². The Labute approximate surface area is 230 Å². The first-order chi connectivity index (χ1) is 19.0. The monoisotopic (exact) mass is 527 g/mol. The molecule has 0 unspecified atom stereocenters. The van der Waals surface area contributed by atoms with Crippen molar-refractivity contribution in [3.8, 4) is 5.75 Å². The van der Waals surface area contributed by atoms with Crippen molar-refractivity contribution in [2.24, 2.45) is 0 Å². The maximum atomic E-state index is 12.9. The molecule has 7 heteroatoms. The van der Waals surface area contributed by atoms with E-state index in [4.69, 9.17) is 9.15 Å². The van der Waals surface area contributed by atoms with E-state index in [1.54, 1.807) is 12.1 Å². The summed E-state index contributed by atoms with van der Waals surface area (Å²) >= 11 is 0. The topological polar surface area (TPSA) is 66.2 Å². The van der Waals surface area contributed by atoms with E-state index < -0.39 is 0 Å². The summed E-state index contributed by atoms with van der Waals surface area (Å²) in [5.41, 5.74) is 4.59. The van der Waals surface area contributed by atoms with Crippen LogP contribution in [0.2, 0.25) is 0 Å². The Morgan fingerprint density at radius 1 is 1.05 bits per heavy atom. The molecule has 1 atom stereocenters. The second-order valence-corrected chi connectivity index (χ2v) is 10.3. The molecule has 1 saturated heterocycles. The molecule has 3 heterocycles. The number of nitrogens with zero attached hydrogens (tertiary/aromatic N) is 3. The molecule has 2 aliphatic heterocycles. The van der Waals surface area contributed by atoms with Crippen LogP contribution in [0.5, 0.6) is 5.75 Å².